The second kappa shape index (κ2) is 7.29. The molecule has 0 aliphatic heterocycles. The first-order chi connectivity index (χ1) is 9.00. The van der Waals surface area contributed by atoms with Crippen LogP contribution in [0.2, 0.25) is 0 Å². The maximum Gasteiger partial charge on any atom is 0.323 e. The van der Waals surface area contributed by atoms with Crippen LogP contribution < -0.4 is 5.73 Å². The molecule has 0 fully saturated rings. The first-order valence-corrected chi connectivity index (χ1v) is 7.03. The maximum absolute atomic E-state index is 12.0. The SMILES string of the molecule is CCC(C)(CC)OC(=O)[C@@H](N)CCc1ccccc1. The van der Waals surface area contributed by atoms with Crippen LogP contribution in [0, 0.1) is 0 Å². The monoisotopic (exact) mass is 263 g/mol. The summed E-state index contributed by atoms with van der Waals surface area (Å²) in [5.74, 6) is -0.290. The minimum atomic E-state index is -0.544. The van der Waals surface area contributed by atoms with E-state index in [9.17, 15) is 4.79 Å². The molecule has 1 aromatic rings. The molecule has 1 atom stereocenters. The van der Waals surface area contributed by atoms with E-state index >= 15 is 0 Å². The van der Waals surface area contributed by atoms with E-state index in [-0.39, 0.29) is 11.6 Å². The van der Waals surface area contributed by atoms with Gasteiger partial charge in [0.1, 0.15) is 11.6 Å². The van der Waals surface area contributed by atoms with Crippen molar-refractivity contribution in [2.24, 2.45) is 5.73 Å². The van der Waals surface area contributed by atoms with Gasteiger partial charge in [-0.1, -0.05) is 44.2 Å². The van der Waals surface area contributed by atoms with Gasteiger partial charge in [0.15, 0.2) is 0 Å². The summed E-state index contributed by atoms with van der Waals surface area (Å²) in [5.41, 5.74) is 6.71. The van der Waals surface area contributed by atoms with Gasteiger partial charge in [-0.3, -0.25) is 4.79 Å². The minimum absolute atomic E-state index is 0.290. The van der Waals surface area contributed by atoms with Crippen molar-refractivity contribution in [3.8, 4) is 0 Å². The molecule has 1 rings (SSSR count). The van der Waals surface area contributed by atoms with Crippen LogP contribution in [0.3, 0.4) is 0 Å². The van der Waals surface area contributed by atoms with Crippen LogP contribution in [0.5, 0.6) is 0 Å². The van der Waals surface area contributed by atoms with E-state index in [2.05, 4.69) is 0 Å². The van der Waals surface area contributed by atoms with Gasteiger partial charge in [-0.05, 0) is 38.2 Å². The highest BCUT2D eigenvalue weighted by atomic mass is 16.6. The van der Waals surface area contributed by atoms with Crippen molar-refractivity contribution >= 4 is 5.97 Å². The summed E-state index contributed by atoms with van der Waals surface area (Å²) in [4.78, 5) is 12.0. The Morgan fingerprint density at radius 3 is 2.37 bits per heavy atom. The third kappa shape index (κ3) is 5.03. The van der Waals surface area contributed by atoms with Gasteiger partial charge < -0.3 is 10.5 Å². The number of nitrogens with two attached hydrogens (primary N) is 1. The number of carbonyl (C=O) groups is 1. The van der Waals surface area contributed by atoms with Gasteiger partial charge in [-0.15, -0.1) is 0 Å². The smallest absolute Gasteiger partial charge is 0.323 e. The van der Waals surface area contributed by atoms with Crippen molar-refractivity contribution in [3.05, 3.63) is 35.9 Å². The second-order valence-electron chi connectivity index (χ2n) is 5.21. The Morgan fingerprint density at radius 1 is 1.26 bits per heavy atom. The van der Waals surface area contributed by atoms with Crippen molar-refractivity contribution in [2.75, 3.05) is 0 Å². The van der Waals surface area contributed by atoms with Crippen LogP contribution in [0.25, 0.3) is 0 Å². The number of rotatable bonds is 7. The normalized spacial score (nSPS) is 13.1. The average Bonchev–Trinajstić information content (AvgIpc) is 2.45. The number of aryl methyl sites for hydroxylation is 1. The van der Waals surface area contributed by atoms with Crippen molar-refractivity contribution in [1.29, 1.82) is 0 Å². The quantitative estimate of drug-likeness (QED) is 0.769. The highest BCUT2D eigenvalue weighted by Crippen LogP contribution is 2.20. The topological polar surface area (TPSA) is 52.3 Å². The van der Waals surface area contributed by atoms with Crippen LogP contribution in [0.4, 0.5) is 0 Å². The van der Waals surface area contributed by atoms with E-state index in [0.29, 0.717) is 6.42 Å². The lowest BCUT2D eigenvalue weighted by Gasteiger charge is -2.28. The van der Waals surface area contributed by atoms with Crippen LogP contribution in [-0.4, -0.2) is 17.6 Å². The summed E-state index contributed by atoms with van der Waals surface area (Å²) >= 11 is 0. The molecule has 0 saturated carbocycles. The Morgan fingerprint density at radius 2 is 1.84 bits per heavy atom. The molecule has 0 unspecified atom stereocenters. The van der Waals surface area contributed by atoms with Crippen LogP contribution in [0.1, 0.15) is 45.6 Å². The molecule has 2 N–H and O–H groups in total. The van der Waals surface area contributed by atoms with E-state index in [1.165, 1.54) is 5.56 Å². The van der Waals surface area contributed by atoms with E-state index < -0.39 is 6.04 Å². The molecule has 0 aliphatic carbocycles. The summed E-state index contributed by atoms with van der Waals surface area (Å²) in [7, 11) is 0. The zero-order chi connectivity index (χ0) is 14.3. The molecule has 19 heavy (non-hydrogen) atoms. The second-order valence-corrected chi connectivity index (χ2v) is 5.21. The Labute approximate surface area is 116 Å². The van der Waals surface area contributed by atoms with E-state index in [1.807, 2.05) is 51.1 Å². The van der Waals surface area contributed by atoms with Gasteiger partial charge in [0.2, 0.25) is 0 Å². The molecule has 0 saturated heterocycles. The number of ether oxygens (including phenoxy) is 1. The third-order valence-electron chi connectivity index (χ3n) is 3.73. The Kier molecular flexibility index (Phi) is 6.03. The predicted octanol–water partition coefficient (Wildman–Crippen LogP) is 3.07. The number of carbonyl (C=O) groups excluding carboxylic acids is 1. The van der Waals surface area contributed by atoms with Crippen molar-refractivity contribution in [1.82, 2.24) is 0 Å². The number of hydrogen-bond acceptors (Lipinski definition) is 3. The summed E-state index contributed by atoms with van der Waals surface area (Å²) in [5, 5.41) is 0. The molecule has 0 heterocycles. The first kappa shape index (κ1) is 15.7. The van der Waals surface area contributed by atoms with Gasteiger partial charge in [0, 0.05) is 0 Å². The molecule has 3 heteroatoms. The van der Waals surface area contributed by atoms with Gasteiger partial charge in [0.05, 0.1) is 0 Å². The largest absolute Gasteiger partial charge is 0.458 e. The predicted molar refractivity (Wildman–Crippen MR) is 77.8 cm³/mol. The molecule has 3 nitrogen and oxygen atoms in total. The lowest BCUT2D eigenvalue weighted by atomic mass is 9.99. The van der Waals surface area contributed by atoms with Gasteiger partial charge in [0.25, 0.3) is 0 Å². The summed E-state index contributed by atoms with van der Waals surface area (Å²) in [6.45, 7) is 5.99. The Bertz CT molecular complexity index is 385. The number of esters is 1. The highest BCUT2D eigenvalue weighted by molar-refractivity contribution is 5.75. The van der Waals surface area contributed by atoms with E-state index in [1.54, 1.807) is 0 Å². The van der Waals surface area contributed by atoms with Crippen LogP contribution >= 0.6 is 0 Å². The molecule has 106 valence electrons. The van der Waals surface area contributed by atoms with Gasteiger partial charge in [-0.2, -0.15) is 0 Å². The fraction of sp³-hybridized carbons (Fsp3) is 0.562. The standard InChI is InChI=1S/C16H25NO2/c1-4-16(3,5-2)19-15(18)14(17)12-11-13-9-7-6-8-10-13/h6-10,14H,4-5,11-12,17H2,1-3H3/t14-/m0/s1. The lowest BCUT2D eigenvalue weighted by molar-refractivity contribution is -0.160. The molecule has 1 aromatic carbocycles. The zero-order valence-electron chi connectivity index (χ0n) is 12.2. The van der Waals surface area contributed by atoms with Crippen molar-refractivity contribution < 1.29 is 9.53 Å². The molecule has 0 spiro atoms. The Balaban J connectivity index is 2.45. The van der Waals surface area contributed by atoms with Crippen molar-refractivity contribution in [3.63, 3.8) is 0 Å². The molecular weight excluding hydrogens is 238 g/mol. The summed E-state index contributed by atoms with van der Waals surface area (Å²) in [6, 6.07) is 9.50. The van der Waals surface area contributed by atoms with E-state index in [0.717, 1.165) is 19.3 Å². The molecule has 0 aliphatic rings. The fourth-order valence-electron chi connectivity index (χ4n) is 1.80. The average molecular weight is 263 g/mol. The molecule has 0 radical (unpaired) electrons. The van der Waals surface area contributed by atoms with E-state index in [4.69, 9.17) is 10.5 Å². The lowest BCUT2D eigenvalue weighted by Crippen LogP contribution is -2.39. The summed E-state index contributed by atoms with van der Waals surface area (Å²) in [6.07, 6.45) is 3.03. The maximum atomic E-state index is 12.0. The molecule has 0 bridgehead atoms. The molecular formula is C16H25NO2. The number of hydrogen-bond donors (Lipinski definition) is 1. The minimum Gasteiger partial charge on any atom is -0.458 e. The highest BCUT2D eigenvalue weighted by Gasteiger charge is 2.27. The number of benzene rings is 1. The fourth-order valence-corrected chi connectivity index (χ4v) is 1.80. The van der Waals surface area contributed by atoms with Crippen LogP contribution in [-0.2, 0) is 16.0 Å². The third-order valence-corrected chi connectivity index (χ3v) is 3.73. The van der Waals surface area contributed by atoms with Crippen LogP contribution in [0.15, 0.2) is 30.3 Å². The Hall–Kier alpha value is -1.35. The summed E-state index contributed by atoms with van der Waals surface area (Å²) < 4.78 is 5.52. The van der Waals surface area contributed by atoms with Gasteiger partial charge >= 0.3 is 5.97 Å². The van der Waals surface area contributed by atoms with Gasteiger partial charge in [-0.25, -0.2) is 0 Å². The van der Waals surface area contributed by atoms with Crippen molar-refractivity contribution in [2.45, 2.75) is 58.1 Å². The molecule has 0 amide bonds. The zero-order valence-corrected chi connectivity index (χ0v) is 12.2. The first-order valence-electron chi connectivity index (χ1n) is 7.03. The molecule has 0 aromatic heterocycles.